The maximum Gasteiger partial charge on any atom is 0.309 e. The normalized spacial score (nSPS) is 22.2. The van der Waals surface area contributed by atoms with Crippen molar-refractivity contribution >= 4 is 5.97 Å². The minimum absolute atomic E-state index is 0.0429. The van der Waals surface area contributed by atoms with E-state index in [0.29, 0.717) is 6.42 Å². The molecule has 0 aromatic heterocycles. The molecule has 0 radical (unpaired) electrons. The number of esters is 1. The van der Waals surface area contributed by atoms with Crippen LogP contribution in [0.15, 0.2) is 12.7 Å². The molecule has 0 aliphatic carbocycles. The van der Waals surface area contributed by atoms with Crippen molar-refractivity contribution in [1.29, 1.82) is 0 Å². The van der Waals surface area contributed by atoms with Gasteiger partial charge in [-0.2, -0.15) is 0 Å². The molecule has 1 heterocycles. The number of hydrogen-bond donors (Lipinski definition) is 0. The first-order valence-electron chi connectivity index (χ1n) is 4.13. The number of unbranched alkanes of at least 4 members (excludes halogenated alkanes) is 2. The fourth-order valence-corrected chi connectivity index (χ4v) is 1.18. The van der Waals surface area contributed by atoms with Gasteiger partial charge in [-0.15, -0.1) is 6.58 Å². The predicted molar refractivity (Wildman–Crippen MR) is 43.2 cm³/mol. The highest BCUT2D eigenvalue weighted by Gasteiger charge is 2.27. The van der Waals surface area contributed by atoms with Crippen molar-refractivity contribution in [2.45, 2.75) is 38.2 Å². The smallest absolute Gasteiger partial charge is 0.309 e. The van der Waals surface area contributed by atoms with Crippen LogP contribution < -0.4 is 0 Å². The summed E-state index contributed by atoms with van der Waals surface area (Å²) in [5.41, 5.74) is 0. The van der Waals surface area contributed by atoms with Gasteiger partial charge >= 0.3 is 5.97 Å². The highest BCUT2D eigenvalue weighted by Crippen LogP contribution is 2.19. The Bertz CT molecular complexity index is 144. The highest BCUT2D eigenvalue weighted by atomic mass is 16.6. The van der Waals surface area contributed by atoms with Gasteiger partial charge in [-0.3, -0.25) is 4.79 Å². The zero-order chi connectivity index (χ0) is 8.10. The summed E-state index contributed by atoms with van der Waals surface area (Å²) in [6.45, 7) is 3.64. The quantitative estimate of drug-likeness (QED) is 0.344. The van der Waals surface area contributed by atoms with Gasteiger partial charge in [0.1, 0.15) is 6.10 Å². The van der Waals surface area contributed by atoms with Crippen LogP contribution in [0, 0.1) is 0 Å². The van der Waals surface area contributed by atoms with Crippen LogP contribution >= 0.6 is 0 Å². The summed E-state index contributed by atoms with van der Waals surface area (Å²) in [5.74, 6) is -0.0429. The fourth-order valence-electron chi connectivity index (χ4n) is 1.18. The Labute approximate surface area is 67.2 Å². The van der Waals surface area contributed by atoms with E-state index in [1.54, 1.807) is 0 Å². The van der Waals surface area contributed by atoms with E-state index in [1.165, 1.54) is 0 Å². The summed E-state index contributed by atoms with van der Waals surface area (Å²) in [6.07, 6.45) is 7.19. The lowest BCUT2D eigenvalue weighted by atomic mass is 10.0. The van der Waals surface area contributed by atoms with Gasteiger partial charge in [-0.05, 0) is 25.7 Å². The predicted octanol–water partition coefficient (Wildman–Crippen LogP) is 2.05. The molecule has 1 saturated heterocycles. The Hall–Kier alpha value is -0.790. The van der Waals surface area contributed by atoms with Gasteiger partial charge in [0.15, 0.2) is 0 Å². The van der Waals surface area contributed by atoms with Crippen LogP contribution in [-0.2, 0) is 9.53 Å². The molecule has 0 spiro atoms. The molecule has 0 amide bonds. The second-order valence-corrected chi connectivity index (χ2v) is 2.89. The molecule has 2 nitrogen and oxygen atoms in total. The average Bonchev–Trinajstić information content (AvgIpc) is 1.94. The first-order chi connectivity index (χ1) is 5.33. The van der Waals surface area contributed by atoms with Crippen molar-refractivity contribution in [3.05, 3.63) is 12.7 Å². The number of allylic oxidation sites excluding steroid dienone is 1. The van der Waals surface area contributed by atoms with E-state index in [9.17, 15) is 4.79 Å². The zero-order valence-electron chi connectivity index (χ0n) is 6.71. The van der Waals surface area contributed by atoms with Gasteiger partial charge in [0, 0.05) is 0 Å². The summed E-state index contributed by atoms with van der Waals surface area (Å²) in [5, 5.41) is 0. The topological polar surface area (TPSA) is 26.3 Å². The Kier molecular flexibility index (Phi) is 3.14. The van der Waals surface area contributed by atoms with Crippen LogP contribution in [0.2, 0.25) is 0 Å². The third kappa shape index (κ3) is 2.74. The van der Waals surface area contributed by atoms with Crippen LogP contribution in [0.25, 0.3) is 0 Å². The van der Waals surface area contributed by atoms with Gasteiger partial charge in [0.25, 0.3) is 0 Å². The lowest BCUT2D eigenvalue weighted by Gasteiger charge is -2.25. The number of ether oxygens (including phenoxy) is 1. The molecule has 1 rings (SSSR count). The average molecular weight is 154 g/mol. The summed E-state index contributed by atoms with van der Waals surface area (Å²) in [7, 11) is 0. The van der Waals surface area contributed by atoms with Gasteiger partial charge in [0.05, 0.1) is 6.42 Å². The first-order valence-corrected chi connectivity index (χ1v) is 4.13. The van der Waals surface area contributed by atoms with E-state index in [1.807, 2.05) is 6.08 Å². The molecule has 11 heavy (non-hydrogen) atoms. The second-order valence-electron chi connectivity index (χ2n) is 2.89. The molecular formula is C9H14O2. The third-order valence-electron chi connectivity index (χ3n) is 1.88. The van der Waals surface area contributed by atoms with E-state index in [2.05, 4.69) is 6.58 Å². The lowest BCUT2D eigenvalue weighted by molar-refractivity contribution is -0.169. The van der Waals surface area contributed by atoms with E-state index in [-0.39, 0.29) is 12.1 Å². The number of carbonyl (C=O) groups excluding carboxylic acids is 1. The van der Waals surface area contributed by atoms with Crippen molar-refractivity contribution in [3.63, 3.8) is 0 Å². The second kappa shape index (κ2) is 4.16. The maximum absolute atomic E-state index is 10.4. The van der Waals surface area contributed by atoms with E-state index in [0.717, 1.165) is 25.7 Å². The Morgan fingerprint density at radius 1 is 1.64 bits per heavy atom. The van der Waals surface area contributed by atoms with Crippen LogP contribution in [0.5, 0.6) is 0 Å². The van der Waals surface area contributed by atoms with Gasteiger partial charge < -0.3 is 4.74 Å². The third-order valence-corrected chi connectivity index (χ3v) is 1.88. The molecule has 62 valence electrons. The zero-order valence-corrected chi connectivity index (χ0v) is 6.71. The van der Waals surface area contributed by atoms with Crippen LogP contribution in [0.4, 0.5) is 0 Å². The molecule has 2 heteroatoms. The summed E-state index contributed by atoms with van der Waals surface area (Å²) < 4.78 is 4.85. The van der Waals surface area contributed by atoms with E-state index in [4.69, 9.17) is 4.74 Å². The number of rotatable bonds is 5. The molecule has 0 aromatic rings. The minimum Gasteiger partial charge on any atom is -0.462 e. The summed E-state index contributed by atoms with van der Waals surface area (Å²) >= 11 is 0. The van der Waals surface area contributed by atoms with Crippen LogP contribution in [0.3, 0.4) is 0 Å². The monoisotopic (exact) mass is 154 g/mol. The van der Waals surface area contributed by atoms with Crippen LogP contribution in [-0.4, -0.2) is 12.1 Å². The molecule has 1 fully saturated rings. The van der Waals surface area contributed by atoms with E-state index >= 15 is 0 Å². The SMILES string of the molecule is C=CCCCCC1CC(=O)O1. The van der Waals surface area contributed by atoms with Crippen molar-refractivity contribution in [1.82, 2.24) is 0 Å². The largest absolute Gasteiger partial charge is 0.462 e. The Morgan fingerprint density at radius 3 is 2.91 bits per heavy atom. The summed E-state index contributed by atoms with van der Waals surface area (Å²) in [6, 6.07) is 0. The molecule has 1 atom stereocenters. The van der Waals surface area contributed by atoms with Gasteiger partial charge in [-0.1, -0.05) is 6.08 Å². The van der Waals surface area contributed by atoms with Gasteiger partial charge in [0.2, 0.25) is 0 Å². The Balaban J connectivity index is 1.88. The standard InChI is InChI=1S/C9H14O2/c1-2-3-4-5-6-8-7-9(10)11-8/h2,8H,1,3-7H2. The first kappa shape index (κ1) is 8.31. The molecule has 0 bridgehead atoms. The van der Waals surface area contributed by atoms with Crippen LogP contribution in [0.1, 0.15) is 32.1 Å². The highest BCUT2D eigenvalue weighted by molar-refractivity contribution is 5.75. The molecular weight excluding hydrogens is 140 g/mol. The number of carbonyl (C=O) groups is 1. The fraction of sp³-hybridized carbons (Fsp3) is 0.667. The summed E-state index contributed by atoms with van der Waals surface area (Å²) in [4.78, 5) is 10.4. The molecule has 1 aliphatic rings. The minimum atomic E-state index is -0.0429. The molecule has 0 aromatic carbocycles. The lowest BCUT2D eigenvalue weighted by Crippen LogP contribution is -2.32. The van der Waals surface area contributed by atoms with Gasteiger partial charge in [-0.25, -0.2) is 0 Å². The molecule has 0 saturated carbocycles. The molecule has 1 unspecified atom stereocenters. The van der Waals surface area contributed by atoms with Crippen molar-refractivity contribution < 1.29 is 9.53 Å². The number of hydrogen-bond acceptors (Lipinski definition) is 2. The Morgan fingerprint density at radius 2 is 2.36 bits per heavy atom. The van der Waals surface area contributed by atoms with Crippen molar-refractivity contribution in [3.8, 4) is 0 Å². The van der Waals surface area contributed by atoms with Crippen molar-refractivity contribution in [2.24, 2.45) is 0 Å². The van der Waals surface area contributed by atoms with E-state index < -0.39 is 0 Å². The molecule has 0 N–H and O–H groups in total. The van der Waals surface area contributed by atoms with Crippen molar-refractivity contribution in [2.75, 3.05) is 0 Å². The number of cyclic esters (lactones) is 1. The molecule has 1 aliphatic heterocycles. The maximum atomic E-state index is 10.4.